The third-order valence-corrected chi connectivity index (χ3v) is 5.52. The van der Waals surface area contributed by atoms with Crippen molar-refractivity contribution in [2.24, 2.45) is 0 Å². The first-order chi connectivity index (χ1) is 11.3. The molecule has 0 unspecified atom stereocenters. The fraction of sp³-hybridized carbons (Fsp3) is 0.250. The second-order valence-corrected chi connectivity index (χ2v) is 8.02. The SMILES string of the molecule is CC(C)c1sc(Br)nc1C(=O)Nc1ccc2c(c1)C(=O)N(C)C2=O. The van der Waals surface area contributed by atoms with E-state index in [4.69, 9.17) is 0 Å². The molecule has 0 aliphatic carbocycles. The topological polar surface area (TPSA) is 79.4 Å². The van der Waals surface area contributed by atoms with Gasteiger partial charge in [0.1, 0.15) is 5.69 Å². The molecular formula is C16H14BrN3O3S. The molecule has 1 aliphatic heterocycles. The zero-order chi connectivity index (χ0) is 17.6. The summed E-state index contributed by atoms with van der Waals surface area (Å²) in [7, 11) is 1.44. The molecule has 124 valence electrons. The molecule has 3 amide bonds. The van der Waals surface area contributed by atoms with Crippen molar-refractivity contribution in [3.05, 3.63) is 43.8 Å². The summed E-state index contributed by atoms with van der Waals surface area (Å²) in [4.78, 5) is 42.6. The molecule has 0 spiro atoms. The lowest BCUT2D eigenvalue weighted by molar-refractivity contribution is 0.0692. The number of hydrogen-bond acceptors (Lipinski definition) is 5. The number of amides is 3. The number of hydrogen-bond donors (Lipinski definition) is 1. The van der Waals surface area contributed by atoms with E-state index in [0.717, 1.165) is 9.78 Å². The van der Waals surface area contributed by atoms with Crippen LogP contribution in [0, 0.1) is 0 Å². The maximum atomic E-state index is 12.5. The quantitative estimate of drug-likeness (QED) is 0.789. The van der Waals surface area contributed by atoms with Crippen LogP contribution in [0.5, 0.6) is 0 Å². The minimum Gasteiger partial charge on any atom is -0.321 e. The molecule has 24 heavy (non-hydrogen) atoms. The molecule has 6 nitrogen and oxygen atoms in total. The average Bonchev–Trinajstić information content (AvgIpc) is 3.03. The van der Waals surface area contributed by atoms with Gasteiger partial charge in [-0.1, -0.05) is 13.8 Å². The van der Waals surface area contributed by atoms with Crippen LogP contribution in [-0.2, 0) is 0 Å². The molecule has 0 radical (unpaired) electrons. The van der Waals surface area contributed by atoms with Crippen LogP contribution in [0.3, 0.4) is 0 Å². The van der Waals surface area contributed by atoms with Crippen molar-refractivity contribution < 1.29 is 14.4 Å². The molecule has 1 N–H and O–H groups in total. The van der Waals surface area contributed by atoms with E-state index >= 15 is 0 Å². The van der Waals surface area contributed by atoms with E-state index in [1.165, 1.54) is 24.5 Å². The number of thiazole rings is 1. The Kier molecular flexibility index (Phi) is 4.27. The Hall–Kier alpha value is -2.06. The molecule has 3 rings (SSSR count). The molecule has 2 heterocycles. The van der Waals surface area contributed by atoms with E-state index in [9.17, 15) is 14.4 Å². The van der Waals surface area contributed by atoms with Crippen molar-refractivity contribution in [1.29, 1.82) is 0 Å². The second-order valence-electron chi connectivity index (χ2n) is 5.72. The smallest absolute Gasteiger partial charge is 0.275 e. The summed E-state index contributed by atoms with van der Waals surface area (Å²) in [6, 6.07) is 4.68. The predicted octanol–water partition coefficient (Wildman–Crippen LogP) is 3.51. The highest BCUT2D eigenvalue weighted by Gasteiger charge is 2.33. The maximum absolute atomic E-state index is 12.5. The fourth-order valence-electron chi connectivity index (χ4n) is 2.49. The lowest BCUT2D eigenvalue weighted by Crippen LogP contribution is -2.24. The van der Waals surface area contributed by atoms with Gasteiger partial charge < -0.3 is 5.32 Å². The average molecular weight is 408 g/mol. The molecule has 0 saturated heterocycles. The van der Waals surface area contributed by atoms with E-state index in [1.54, 1.807) is 12.1 Å². The van der Waals surface area contributed by atoms with Crippen LogP contribution in [0.2, 0.25) is 0 Å². The number of nitrogens with zero attached hydrogens (tertiary/aromatic N) is 2. The molecule has 0 fully saturated rings. The first-order valence-corrected chi connectivity index (χ1v) is 8.84. The van der Waals surface area contributed by atoms with Crippen molar-refractivity contribution in [2.45, 2.75) is 19.8 Å². The first-order valence-electron chi connectivity index (χ1n) is 7.23. The van der Waals surface area contributed by atoms with Gasteiger partial charge in [-0.05, 0) is 40.0 Å². The third kappa shape index (κ3) is 2.76. The summed E-state index contributed by atoms with van der Waals surface area (Å²) >= 11 is 4.73. The van der Waals surface area contributed by atoms with Crippen LogP contribution in [0.25, 0.3) is 0 Å². The Morgan fingerprint density at radius 3 is 2.58 bits per heavy atom. The summed E-state index contributed by atoms with van der Waals surface area (Å²) in [5, 5.41) is 2.75. The number of rotatable bonds is 3. The van der Waals surface area contributed by atoms with E-state index in [2.05, 4.69) is 26.2 Å². The maximum Gasteiger partial charge on any atom is 0.275 e. The van der Waals surface area contributed by atoms with Crippen molar-refractivity contribution in [3.63, 3.8) is 0 Å². The number of carbonyl (C=O) groups is 3. The number of halogens is 1. The van der Waals surface area contributed by atoms with Crippen molar-refractivity contribution in [1.82, 2.24) is 9.88 Å². The zero-order valence-corrected chi connectivity index (χ0v) is 15.6. The Bertz CT molecular complexity index is 875. The van der Waals surface area contributed by atoms with Gasteiger partial charge in [0.05, 0.1) is 11.1 Å². The zero-order valence-electron chi connectivity index (χ0n) is 13.2. The van der Waals surface area contributed by atoms with Crippen LogP contribution in [0.1, 0.15) is 55.8 Å². The summed E-state index contributed by atoms with van der Waals surface area (Å²) in [5.41, 5.74) is 1.46. The van der Waals surface area contributed by atoms with Crippen LogP contribution in [-0.4, -0.2) is 34.7 Å². The lowest BCUT2D eigenvalue weighted by Gasteiger charge is -2.07. The minimum atomic E-state index is -0.370. The lowest BCUT2D eigenvalue weighted by atomic mass is 10.1. The highest BCUT2D eigenvalue weighted by Crippen LogP contribution is 2.31. The molecule has 2 aromatic rings. The second kappa shape index (κ2) is 6.10. The van der Waals surface area contributed by atoms with Gasteiger partial charge in [0, 0.05) is 17.6 Å². The summed E-state index contributed by atoms with van der Waals surface area (Å²) < 4.78 is 0.646. The molecule has 0 bridgehead atoms. The number of fused-ring (bicyclic) bond motifs is 1. The Labute approximate surface area is 151 Å². The number of benzene rings is 1. The van der Waals surface area contributed by atoms with Crippen LogP contribution in [0.4, 0.5) is 5.69 Å². The standard InChI is InChI=1S/C16H14BrN3O3S/c1-7(2)12-11(19-16(17)24-12)13(21)18-8-4-5-9-10(6-8)15(23)20(3)14(9)22/h4-7H,1-3H3,(H,18,21). The highest BCUT2D eigenvalue weighted by atomic mass is 79.9. The van der Waals surface area contributed by atoms with Gasteiger partial charge in [-0.25, -0.2) is 4.98 Å². The minimum absolute atomic E-state index is 0.169. The Balaban J connectivity index is 1.89. The van der Waals surface area contributed by atoms with Crippen molar-refractivity contribution in [3.8, 4) is 0 Å². The van der Waals surface area contributed by atoms with Gasteiger partial charge in [0.25, 0.3) is 17.7 Å². The highest BCUT2D eigenvalue weighted by molar-refractivity contribution is 9.11. The summed E-state index contributed by atoms with van der Waals surface area (Å²) in [5.74, 6) is -0.878. The van der Waals surface area contributed by atoms with Gasteiger partial charge in [-0.3, -0.25) is 19.3 Å². The molecule has 1 aromatic carbocycles. The molecule has 0 atom stereocenters. The molecule has 1 aromatic heterocycles. The summed E-state index contributed by atoms with van der Waals surface area (Å²) in [6.07, 6.45) is 0. The van der Waals surface area contributed by atoms with Gasteiger partial charge in [0.2, 0.25) is 0 Å². The van der Waals surface area contributed by atoms with E-state index in [1.807, 2.05) is 13.8 Å². The number of nitrogens with one attached hydrogen (secondary N) is 1. The molecule has 1 aliphatic rings. The van der Waals surface area contributed by atoms with Crippen LogP contribution in [0.15, 0.2) is 22.1 Å². The van der Waals surface area contributed by atoms with Gasteiger partial charge in [0.15, 0.2) is 3.92 Å². The van der Waals surface area contributed by atoms with Gasteiger partial charge >= 0.3 is 0 Å². The van der Waals surface area contributed by atoms with Crippen LogP contribution < -0.4 is 5.32 Å². The Morgan fingerprint density at radius 1 is 1.25 bits per heavy atom. The van der Waals surface area contributed by atoms with E-state index < -0.39 is 0 Å². The predicted molar refractivity (Wildman–Crippen MR) is 94.7 cm³/mol. The third-order valence-electron chi connectivity index (χ3n) is 3.71. The number of anilines is 1. The monoisotopic (exact) mass is 407 g/mol. The number of aromatic nitrogens is 1. The van der Waals surface area contributed by atoms with Gasteiger partial charge in [-0.15, -0.1) is 11.3 Å². The number of carbonyl (C=O) groups excluding carboxylic acids is 3. The van der Waals surface area contributed by atoms with Crippen molar-refractivity contribution >= 4 is 50.7 Å². The summed E-state index contributed by atoms with van der Waals surface area (Å²) in [6.45, 7) is 3.98. The normalized spacial score (nSPS) is 13.6. The van der Waals surface area contributed by atoms with E-state index in [-0.39, 0.29) is 23.6 Å². The van der Waals surface area contributed by atoms with Gasteiger partial charge in [-0.2, -0.15) is 0 Å². The molecular weight excluding hydrogens is 394 g/mol. The fourth-order valence-corrected chi connectivity index (χ4v) is 3.98. The van der Waals surface area contributed by atoms with Crippen molar-refractivity contribution in [2.75, 3.05) is 12.4 Å². The number of imide groups is 1. The van der Waals surface area contributed by atoms with E-state index in [0.29, 0.717) is 26.4 Å². The molecule has 0 saturated carbocycles. The Morgan fingerprint density at radius 2 is 1.92 bits per heavy atom. The van der Waals surface area contributed by atoms with Crippen LogP contribution >= 0.6 is 27.3 Å². The molecule has 8 heteroatoms. The largest absolute Gasteiger partial charge is 0.321 e. The first kappa shape index (κ1) is 16.8.